The third-order valence-corrected chi connectivity index (χ3v) is 2.20. The van der Waals surface area contributed by atoms with Crippen LogP contribution in [0, 0.1) is 12.7 Å². The third kappa shape index (κ3) is 4.43. The summed E-state index contributed by atoms with van der Waals surface area (Å²) in [5.74, 6) is -0.270. The monoisotopic (exact) mass is 239 g/mol. The molecule has 1 rings (SSSR count). The molecule has 0 atom stereocenters. The number of hydrogen-bond donors (Lipinski definition) is 1. The molecule has 1 aromatic carbocycles. The Balaban J connectivity index is 2.56. The van der Waals surface area contributed by atoms with E-state index in [1.807, 2.05) is 0 Å². The number of alkyl carbamates (subject to hydrolysis) is 1. The van der Waals surface area contributed by atoms with Crippen LogP contribution in [-0.2, 0) is 11.3 Å². The van der Waals surface area contributed by atoms with Crippen LogP contribution in [0.25, 0.3) is 0 Å². The predicted octanol–water partition coefficient (Wildman–Crippen LogP) is 3.16. The SMILES string of the molecule is Cc1c(F)cccc1CNC(=O)OC(C)(C)C. The van der Waals surface area contributed by atoms with E-state index in [1.54, 1.807) is 39.8 Å². The summed E-state index contributed by atoms with van der Waals surface area (Å²) in [6, 6.07) is 4.79. The topological polar surface area (TPSA) is 38.3 Å². The Morgan fingerprint density at radius 1 is 1.41 bits per heavy atom. The van der Waals surface area contributed by atoms with Gasteiger partial charge in [0.25, 0.3) is 0 Å². The first-order valence-electron chi connectivity index (χ1n) is 5.50. The van der Waals surface area contributed by atoms with Crippen molar-refractivity contribution < 1.29 is 13.9 Å². The molecule has 0 heterocycles. The molecule has 0 fully saturated rings. The van der Waals surface area contributed by atoms with Gasteiger partial charge in [0.15, 0.2) is 0 Å². The Kier molecular flexibility index (Phi) is 4.10. The van der Waals surface area contributed by atoms with Gasteiger partial charge in [-0.25, -0.2) is 9.18 Å². The van der Waals surface area contributed by atoms with Crippen molar-refractivity contribution in [3.8, 4) is 0 Å². The van der Waals surface area contributed by atoms with Crippen LogP contribution in [0.3, 0.4) is 0 Å². The van der Waals surface area contributed by atoms with E-state index in [-0.39, 0.29) is 12.4 Å². The molecule has 1 amide bonds. The smallest absolute Gasteiger partial charge is 0.407 e. The summed E-state index contributed by atoms with van der Waals surface area (Å²) < 4.78 is 18.3. The van der Waals surface area contributed by atoms with Gasteiger partial charge in [-0.3, -0.25) is 0 Å². The van der Waals surface area contributed by atoms with Crippen LogP contribution >= 0.6 is 0 Å². The molecule has 1 N–H and O–H groups in total. The number of ether oxygens (including phenoxy) is 1. The molecule has 0 aliphatic carbocycles. The van der Waals surface area contributed by atoms with E-state index >= 15 is 0 Å². The molecule has 0 spiro atoms. The molecule has 0 aromatic heterocycles. The van der Waals surface area contributed by atoms with Crippen molar-refractivity contribution in [1.82, 2.24) is 5.32 Å². The van der Waals surface area contributed by atoms with Crippen LogP contribution in [0.15, 0.2) is 18.2 Å². The Morgan fingerprint density at radius 2 is 2.06 bits per heavy atom. The summed E-state index contributed by atoms with van der Waals surface area (Å²) in [5, 5.41) is 2.60. The van der Waals surface area contributed by atoms with E-state index in [4.69, 9.17) is 4.74 Å². The Bertz CT molecular complexity index is 410. The molecule has 0 radical (unpaired) electrons. The second-order valence-electron chi connectivity index (χ2n) is 4.88. The fraction of sp³-hybridized carbons (Fsp3) is 0.462. The summed E-state index contributed by atoms with van der Waals surface area (Å²) in [5.41, 5.74) is 0.764. The van der Waals surface area contributed by atoms with Crippen molar-refractivity contribution in [2.45, 2.75) is 39.8 Å². The minimum Gasteiger partial charge on any atom is -0.444 e. The van der Waals surface area contributed by atoms with E-state index in [1.165, 1.54) is 6.07 Å². The van der Waals surface area contributed by atoms with Crippen LogP contribution in [0.5, 0.6) is 0 Å². The molecule has 0 aliphatic heterocycles. The van der Waals surface area contributed by atoms with Gasteiger partial charge in [0, 0.05) is 6.54 Å². The summed E-state index contributed by atoms with van der Waals surface area (Å²) >= 11 is 0. The number of benzene rings is 1. The number of rotatable bonds is 2. The maximum atomic E-state index is 13.2. The first kappa shape index (κ1) is 13.5. The van der Waals surface area contributed by atoms with E-state index in [0.29, 0.717) is 5.56 Å². The van der Waals surface area contributed by atoms with Crippen molar-refractivity contribution >= 4 is 6.09 Å². The van der Waals surface area contributed by atoms with Gasteiger partial charge in [-0.05, 0) is 44.9 Å². The van der Waals surface area contributed by atoms with Crippen LogP contribution in [0.1, 0.15) is 31.9 Å². The highest BCUT2D eigenvalue weighted by Gasteiger charge is 2.16. The van der Waals surface area contributed by atoms with Crippen molar-refractivity contribution in [2.75, 3.05) is 0 Å². The molecule has 94 valence electrons. The summed E-state index contributed by atoms with van der Waals surface area (Å²) in [6.45, 7) is 7.32. The molecule has 0 bridgehead atoms. The van der Waals surface area contributed by atoms with Crippen molar-refractivity contribution in [3.05, 3.63) is 35.1 Å². The molecule has 17 heavy (non-hydrogen) atoms. The average Bonchev–Trinajstić information content (AvgIpc) is 2.18. The lowest BCUT2D eigenvalue weighted by Gasteiger charge is -2.19. The highest BCUT2D eigenvalue weighted by atomic mass is 19.1. The minimum absolute atomic E-state index is 0.262. The van der Waals surface area contributed by atoms with Crippen LogP contribution in [-0.4, -0.2) is 11.7 Å². The number of nitrogens with one attached hydrogen (secondary N) is 1. The number of carbonyl (C=O) groups excluding carboxylic acids is 1. The van der Waals surface area contributed by atoms with Gasteiger partial charge in [0.2, 0.25) is 0 Å². The highest BCUT2D eigenvalue weighted by Crippen LogP contribution is 2.12. The Labute approximate surface area is 101 Å². The van der Waals surface area contributed by atoms with Crippen molar-refractivity contribution in [2.24, 2.45) is 0 Å². The predicted molar refractivity (Wildman–Crippen MR) is 64.2 cm³/mol. The minimum atomic E-state index is -0.527. The van der Waals surface area contributed by atoms with Gasteiger partial charge in [0.1, 0.15) is 11.4 Å². The molecule has 0 unspecified atom stereocenters. The van der Waals surface area contributed by atoms with Gasteiger partial charge >= 0.3 is 6.09 Å². The number of carbonyl (C=O) groups is 1. The number of hydrogen-bond acceptors (Lipinski definition) is 2. The molecular weight excluding hydrogens is 221 g/mol. The van der Waals surface area contributed by atoms with Gasteiger partial charge in [0.05, 0.1) is 0 Å². The Hall–Kier alpha value is -1.58. The normalized spacial score (nSPS) is 11.1. The zero-order valence-electron chi connectivity index (χ0n) is 10.6. The van der Waals surface area contributed by atoms with Gasteiger partial charge in [-0.15, -0.1) is 0 Å². The molecular formula is C13H18FNO2. The van der Waals surface area contributed by atoms with Crippen molar-refractivity contribution in [1.29, 1.82) is 0 Å². The zero-order chi connectivity index (χ0) is 13.1. The van der Waals surface area contributed by atoms with E-state index in [2.05, 4.69) is 5.32 Å². The van der Waals surface area contributed by atoms with Gasteiger partial charge < -0.3 is 10.1 Å². The lowest BCUT2D eigenvalue weighted by Crippen LogP contribution is -2.32. The van der Waals surface area contributed by atoms with Crippen LogP contribution in [0.2, 0.25) is 0 Å². The van der Waals surface area contributed by atoms with E-state index in [9.17, 15) is 9.18 Å². The molecule has 4 heteroatoms. The van der Waals surface area contributed by atoms with Crippen LogP contribution < -0.4 is 5.32 Å². The first-order chi connectivity index (χ1) is 7.79. The summed E-state index contributed by atoms with van der Waals surface area (Å²) in [7, 11) is 0. The van der Waals surface area contributed by atoms with Gasteiger partial charge in [-0.2, -0.15) is 0 Å². The lowest BCUT2D eigenvalue weighted by atomic mass is 10.1. The third-order valence-electron chi connectivity index (χ3n) is 2.20. The zero-order valence-corrected chi connectivity index (χ0v) is 10.6. The molecule has 0 saturated heterocycles. The second kappa shape index (κ2) is 5.17. The number of amides is 1. The quantitative estimate of drug-likeness (QED) is 0.860. The standard InChI is InChI=1S/C13H18FNO2/c1-9-10(6-5-7-11(9)14)8-15-12(16)17-13(2,3)4/h5-7H,8H2,1-4H3,(H,15,16). The fourth-order valence-corrected chi connectivity index (χ4v) is 1.33. The largest absolute Gasteiger partial charge is 0.444 e. The molecule has 0 saturated carbocycles. The van der Waals surface area contributed by atoms with E-state index in [0.717, 1.165) is 5.56 Å². The maximum Gasteiger partial charge on any atom is 0.407 e. The average molecular weight is 239 g/mol. The van der Waals surface area contributed by atoms with Crippen LogP contribution in [0.4, 0.5) is 9.18 Å². The van der Waals surface area contributed by atoms with Gasteiger partial charge in [-0.1, -0.05) is 12.1 Å². The first-order valence-corrected chi connectivity index (χ1v) is 5.50. The second-order valence-corrected chi connectivity index (χ2v) is 4.88. The van der Waals surface area contributed by atoms with Crippen molar-refractivity contribution in [3.63, 3.8) is 0 Å². The van der Waals surface area contributed by atoms with E-state index < -0.39 is 11.7 Å². The lowest BCUT2D eigenvalue weighted by molar-refractivity contribution is 0.0523. The highest BCUT2D eigenvalue weighted by molar-refractivity contribution is 5.67. The Morgan fingerprint density at radius 3 is 2.65 bits per heavy atom. The number of halogens is 1. The molecule has 3 nitrogen and oxygen atoms in total. The fourth-order valence-electron chi connectivity index (χ4n) is 1.33. The summed E-state index contributed by atoms with van der Waals surface area (Å²) in [4.78, 5) is 11.4. The molecule has 1 aromatic rings. The maximum absolute atomic E-state index is 13.2. The summed E-state index contributed by atoms with van der Waals surface area (Å²) in [6.07, 6.45) is -0.499. The molecule has 0 aliphatic rings.